The lowest BCUT2D eigenvalue weighted by Crippen LogP contribution is -2.42. The second-order valence-electron chi connectivity index (χ2n) is 6.50. The van der Waals surface area contributed by atoms with Gasteiger partial charge in [-0.25, -0.2) is 0 Å². The number of guanidine groups is 2. The number of rotatable bonds is 8. The van der Waals surface area contributed by atoms with Crippen molar-refractivity contribution in [2.75, 3.05) is 32.7 Å². The number of aliphatic imine (C=N–C) groups is 2. The fourth-order valence-electron chi connectivity index (χ4n) is 3.42. The van der Waals surface area contributed by atoms with Gasteiger partial charge in [0.15, 0.2) is 11.9 Å². The molecule has 0 bridgehead atoms. The topological polar surface area (TPSA) is 83.2 Å². The van der Waals surface area contributed by atoms with E-state index in [1.165, 1.54) is 12.0 Å². The van der Waals surface area contributed by atoms with Crippen molar-refractivity contribution in [3.63, 3.8) is 0 Å². The summed E-state index contributed by atoms with van der Waals surface area (Å²) in [4.78, 5) is 13.1. The molecule has 1 aromatic carbocycles. The highest BCUT2D eigenvalue weighted by molar-refractivity contribution is 5.80. The van der Waals surface area contributed by atoms with Gasteiger partial charge in [-0.3, -0.25) is 9.98 Å². The zero-order valence-electron chi connectivity index (χ0n) is 14.3. The van der Waals surface area contributed by atoms with Crippen molar-refractivity contribution in [1.29, 1.82) is 0 Å². The molecule has 3 rings (SSSR count). The number of hydrogen-bond donors (Lipinski definition) is 2. The highest BCUT2D eigenvalue weighted by atomic mass is 15.3. The molecule has 6 heteroatoms. The Labute approximate surface area is 144 Å². The summed E-state index contributed by atoms with van der Waals surface area (Å²) in [7, 11) is 0. The summed E-state index contributed by atoms with van der Waals surface area (Å²) in [5, 5.41) is 0. The third kappa shape index (κ3) is 4.19. The molecular formula is C18H28N6. The van der Waals surface area contributed by atoms with Crippen LogP contribution in [0.4, 0.5) is 0 Å². The first kappa shape index (κ1) is 16.6. The fourth-order valence-corrected chi connectivity index (χ4v) is 3.42. The van der Waals surface area contributed by atoms with E-state index < -0.39 is 0 Å². The van der Waals surface area contributed by atoms with Crippen LogP contribution in [0.1, 0.15) is 24.8 Å². The molecule has 2 aliphatic heterocycles. The number of nitrogens with two attached hydrogens (primary N) is 2. The van der Waals surface area contributed by atoms with E-state index in [0.717, 1.165) is 52.0 Å². The van der Waals surface area contributed by atoms with Gasteiger partial charge < -0.3 is 21.3 Å². The van der Waals surface area contributed by atoms with Gasteiger partial charge in [-0.05, 0) is 31.2 Å². The first-order valence-corrected chi connectivity index (χ1v) is 8.89. The molecule has 2 heterocycles. The van der Waals surface area contributed by atoms with Crippen LogP contribution < -0.4 is 11.5 Å². The van der Waals surface area contributed by atoms with Crippen LogP contribution in [-0.4, -0.2) is 60.5 Å². The first-order valence-electron chi connectivity index (χ1n) is 8.89. The van der Waals surface area contributed by atoms with E-state index in [2.05, 4.69) is 50.1 Å². The molecule has 1 aromatic rings. The minimum Gasteiger partial charge on any atom is -0.370 e. The first-order chi connectivity index (χ1) is 11.7. The molecular weight excluding hydrogens is 300 g/mol. The molecule has 1 atom stereocenters. The smallest absolute Gasteiger partial charge is 0.191 e. The molecule has 130 valence electrons. The molecule has 0 saturated carbocycles. The lowest BCUT2D eigenvalue weighted by molar-refractivity contribution is 0.313. The van der Waals surface area contributed by atoms with Gasteiger partial charge in [0, 0.05) is 19.6 Å². The SMILES string of the molecule is NC1=NCCN1CCCC[C@H]1CN=C(N)N1CCc1ccccc1. The van der Waals surface area contributed by atoms with E-state index in [4.69, 9.17) is 11.5 Å². The molecule has 6 nitrogen and oxygen atoms in total. The molecule has 4 N–H and O–H groups in total. The maximum absolute atomic E-state index is 6.09. The van der Waals surface area contributed by atoms with Crippen LogP contribution in [0.3, 0.4) is 0 Å². The monoisotopic (exact) mass is 328 g/mol. The minimum atomic E-state index is 0.443. The van der Waals surface area contributed by atoms with Crippen molar-refractivity contribution in [2.45, 2.75) is 31.7 Å². The van der Waals surface area contributed by atoms with E-state index >= 15 is 0 Å². The Bertz CT molecular complexity index is 582. The van der Waals surface area contributed by atoms with E-state index in [1.807, 2.05) is 0 Å². The van der Waals surface area contributed by atoms with E-state index in [0.29, 0.717) is 18.0 Å². The van der Waals surface area contributed by atoms with Crippen molar-refractivity contribution in [3.05, 3.63) is 35.9 Å². The van der Waals surface area contributed by atoms with Crippen molar-refractivity contribution >= 4 is 11.9 Å². The molecule has 24 heavy (non-hydrogen) atoms. The zero-order chi connectivity index (χ0) is 16.8. The summed E-state index contributed by atoms with van der Waals surface area (Å²) < 4.78 is 0. The fraction of sp³-hybridized carbons (Fsp3) is 0.556. The zero-order valence-corrected chi connectivity index (χ0v) is 14.3. The molecule has 0 spiro atoms. The lowest BCUT2D eigenvalue weighted by atomic mass is 10.1. The summed E-state index contributed by atoms with van der Waals surface area (Å²) in [6, 6.07) is 11.0. The predicted octanol–water partition coefficient (Wildman–Crippen LogP) is 1.03. The van der Waals surface area contributed by atoms with Gasteiger partial charge in [0.1, 0.15) is 0 Å². The predicted molar refractivity (Wildman–Crippen MR) is 99.0 cm³/mol. The van der Waals surface area contributed by atoms with Crippen LogP contribution in [-0.2, 0) is 6.42 Å². The summed E-state index contributed by atoms with van der Waals surface area (Å²) >= 11 is 0. The van der Waals surface area contributed by atoms with Gasteiger partial charge in [-0.1, -0.05) is 30.3 Å². The largest absolute Gasteiger partial charge is 0.370 e. The number of hydrogen-bond acceptors (Lipinski definition) is 6. The average molecular weight is 328 g/mol. The van der Waals surface area contributed by atoms with Gasteiger partial charge >= 0.3 is 0 Å². The third-order valence-electron chi connectivity index (χ3n) is 4.87. The van der Waals surface area contributed by atoms with Crippen LogP contribution in [0.25, 0.3) is 0 Å². The summed E-state index contributed by atoms with van der Waals surface area (Å²) in [5.74, 6) is 1.40. The van der Waals surface area contributed by atoms with Crippen molar-refractivity contribution < 1.29 is 0 Å². The van der Waals surface area contributed by atoms with Gasteiger partial charge in [0.2, 0.25) is 0 Å². The van der Waals surface area contributed by atoms with Crippen molar-refractivity contribution in [3.8, 4) is 0 Å². The Kier molecular flexibility index (Phi) is 5.56. The van der Waals surface area contributed by atoms with Crippen LogP contribution in [0.15, 0.2) is 40.3 Å². The van der Waals surface area contributed by atoms with Gasteiger partial charge in [-0.2, -0.15) is 0 Å². The van der Waals surface area contributed by atoms with Crippen molar-refractivity contribution in [2.24, 2.45) is 21.5 Å². The number of nitrogens with zero attached hydrogens (tertiary/aromatic N) is 4. The quantitative estimate of drug-likeness (QED) is 0.698. The van der Waals surface area contributed by atoms with Crippen LogP contribution in [0.2, 0.25) is 0 Å². The summed E-state index contributed by atoms with van der Waals surface area (Å²) in [5.41, 5.74) is 13.3. The maximum atomic E-state index is 6.09. The van der Waals surface area contributed by atoms with Gasteiger partial charge in [0.25, 0.3) is 0 Å². The Morgan fingerprint density at radius 1 is 1.00 bits per heavy atom. The molecule has 2 aliphatic rings. The molecule has 0 saturated heterocycles. The van der Waals surface area contributed by atoms with Gasteiger partial charge in [0.05, 0.1) is 19.1 Å². The van der Waals surface area contributed by atoms with E-state index in [1.54, 1.807) is 0 Å². The molecule has 0 amide bonds. The summed E-state index contributed by atoms with van der Waals surface area (Å²) in [6.07, 6.45) is 4.44. The Hall–Kier alpha value is -2.24. The molecule has 0 radical (unpaired) electrons. The lowest BCUT2D eigenvalue weighted by Gasteiger charge is -2.26. The van der Waals surface area contributed by atoms with Crippen molar-refractivity contribution in [1.82, 2.24) is 9.80 Å². The highest BCUT2D eigenvalue weighted by Crippen LogP contribution is 2.16. The maximum Gasteiger partial charge on any atom is 0.191 e. The van der Waals surface area contributed by atoms with E-state index in [-0.39, 0.29) is 0 Å². The third-order valence-corrected chi connectivity index (χ3v) is 4.87. The van der Waals surface area contributed by atoms with Gasteiger partial charge in [-0.15, -0.1) is 0 Å². The second kappa shape index (κ2) is 8.04. The minimum absolute atomic E-state index is 0.443. The van der Waals surface area contributed by atoms with Crippen LogP contribution in [0, 0.1) is 0 Å². The number of benzene rings is 1. The van der Waals surface area contributed by atoms with E-state index in [9.17, 15) is 0 Å². The molecule has 0 aliphatic carbocycles. The van der Waals surface area contributed by atoms with Crippen LogP contribution in [0.5, 0.6) is 0 Å². The average Bonchev–Trinajstić information content (AvgIpc) is 3.16. The Balaban J connectivity index is 1.40. The number of unbranched alkanes of at least 4 members (excludes halogenated alkanes) is 1. The normalized spacial score (nSPS) is 20.4. The Morgan fingerprint density at radius 3 is 2.58 bits per heavy atom. The summed E-state index contributed by atoms with van der Waals surface area (Å²) in [6.45, 7) is 4.58. The standard InChI is InChI=1S/C18H28N6/c19-17-21-10-13-23(17)11-5-4-8-16-14-22-18(20)24(16)12-9-15-6-2-1-3-7-15/h1-3,6-7,16H,4-5,8-14H2,(H2,19,21)(H2,20,22)/t16-/m0/s1. The highest BCUT2D eigenvalue weighted by Gasteiger charge is 2.25. The van der Waals surface area contributed by atoms with Crippen LogP contribution >= 0.6 is 0 Å². The molecule has 0 fully saturated rings. The second-order valence-corrected chi connectivity index (χ2v) is 6.50. The molecule has 0 unspecified atom stereocenters. The Morgan fingerprint density at radius 2 is 1.83 bits per heavy atom. The molecule has 0 aromatic heterocycles.